The Labute approximate surface area is 122 Å². The molecule has 1 aromatic carbocycles. The SMILES string of the molecule is CC(C)CN1CCC(NCc2ccc(Cl)cc2)CC1. The highest BCUT2D eigenvalue weighted by Gasteiger charge is 2.18. The Balaban J connectivity index is 1.69. The number of nitrogens with one attached hydrogen (secondary N) is 1. The first-order valence-corrected chi connectivity index (χ1v) is 7.71. The average molecular weight is 281 g/mol. The van der Waals surface area contributed by atoms with Crippen LogP contribution >= 0.6 is 11.6 Å². The van der Waals surface area contributed by atoms with E-state index in [2.05, 4.69) is 36.2 Å². The molecule has 0 radical (unpaired) electrons. The molecular formula is C16H25ClN2. The van der Waals surface area contributed by atoms with E-state index >= 15 is 0 Å². The lowest BCUT2D eigenvalue weighted by atomic mass is 10.0. The van der Waals surface area contributed by atoms with Gasteiger partial charge in [0.15, 0.2) is 0 Å². The fraction of sp³-hybridized carbons (Fsp3) is 0.625. The molecule has 0 unspecified atom stereocenters. The van der Waals surface area contributed by atoms with Gasteiger partial charge < -0.3 is 10.2 Å². The van der Waals surface area contributed by atoms with E-state index < -0.39 is 0 Å². The van der Waals surface area contributed by atoms with Crippen LogP contribution in [0, 0.1) is 5.92 Å². The Hall–Kier alpha value is -0.570. The molecule has 1 heterocycles. The van der Waals surface area contributed by atoms with E-state index in [1.807, 2.05) is 12.1 Å². The summed E-state index contributed by atoms with van der Waals surface area (Å²) in [5.41, 5.74) is 1.31. The summed E-state index contributed by atoms with van der Waals surface area (Å²) in [6, 6.07) is 8.79. The van der Waals surface area contributed by atoms with E-state index in [1.54, 1.807) is 0 Å². The van der Waals surface area contributed by atoms with Crippen molar-refractivity contribution in [2.24, 2.45) is 5.92 Å². The molecule has 0 atom stereocenters. The smallest absolute Gasteiger partial charge is 0.0406 e. The van der Waals surface area contributed by atoms with E-state index in [4.69, 9.17) is 11.6 Å². The van der Waals surface area contributed by atoms with Crippen molar-refractivity contribution in [3.05, 3.63) is 34.9 Å². The molecule has 0 bridgehead atoms. The highest BCUT2D eigenvalue weighted by molar-refractivity contribution is 6.30. The van der Waals surface area contributed by atoms with Crippen LogP contribution in [0.25, 0.3) is 0 Å². The number of nitrogens with zero attached hydrogens (tertiary/aromatic N) is 1. The summed E-state index contributed by atoms with van der Waals surface area (Å²) >= 11 is 5.89. The van der Waals surface area contributed by atoms with E-state index in [0.717, 1.165) is 17.5 Å². The maximum atomic E-state index is 5.89. The third kappa shape index (κ3) is 5.13. The van der Waals surface area contributed by atoms with Crippen molar-refractivity contribution in [3.8, 4) is 0 Å². The maximum absolute atomic E-state index is 5.89. The summed E-state index contributed by atoms with van der Waals surface area (Å²) in [5.74, 6) is 0.776. The number of likely N-dealkylation sites (tertiary alicyclic amines) is 1. The minimum absolute atomic E-state index is 0.666. The quantitative estimate of drug-likeness (QED) is 0.887. The molecule has 1 aliphatic rings. The van der Waals surface area contributed by atoms with Gasteiger partial charge in [-0.1, -0.05) is 37.6 Å². The predicted octanol–water partition coefficient (Wildman–Crippen LogP) is 3.55. The molecule has 1 N–H and O–H groups in total. The van der Waals surface area contributed by atoms with Crippen LogP contribution in [0.2, 0.25) is 5.02 Å². The third-order valence-electron chi connectivity index (χ3n) is 3.72. The molecule has 1 fully saturated rings. The number of rotatable bonds is 5. The fourth-order valence-corrected chi connectivity index (χ4v) is 2.83. The Morgan fingerprint density at radius 1 is 1.21 bits per heavy atom. The molecule has 2 rings (SSSR count). The summed E-state index contributed by atoms with van der Waals surface area (Å²) < 4.78 is 0. The van der Waals surface area contributed by atoms with Gasteiger partial charge in [0.1, 0.15) is 0 Å². The van der Waals surface area contributed by atoms with Gasteiger partial charge in [-0.3, -0.25) is 0 Å². The number of benzene rings is 1. The Kier molecular flexibility index (Phi) is 5.68. The summed E-state index contributed by atoms with van der Waals surface area (Å²) in [6.07, 6.45) is 2.53. The molecule has 1 saturated heterocycles. The van der Waals surface area contributed by atoms with Crippen LogP contribution in [-0.4, -0.2) is 30.6 Å². The Morgan fingerprint density at radius 3 is 2.42 bits per heavy atom. The Bertz CT molecular complexity index is 367. The van der Waals surface area contributed by atoms with Crippen molar-refractivity contribution in [2.45, 2.75) is 39.3 Å². The van der Waals surface area contributed by atoms with Crippen LogP contribution < -0.4 is 5.32 Å². The summed E-state index contributed by atoms with van der Waals surface area (Å²) in [5, 5.41) is 4.47. The van der Waals surface area contributed by atoms with E-state index in [9.17, 15) is 0 Å². The molecule has 0 saturated carbocycles. The van der Waals surface area contributed by atoms with Crippen molar-refractivity contribution in [1.82, 2.24) is 10.2 Å². The highest BCUT2D eigenvalue weighted by Crippen LogP contribution is 2.14. The first-order chi connectivity index (χ1) is 9.13. The average Bonchev–Trinajstić information content (AvgIpc) is 2.39. The number of hydrogen-bond donors (Lipinski definition) is 1. The minimum atomic E-state index is 0.666. The van der Waals surface area contributed by atoms with Crippen molar-refractivity contribution in [1.29, 1.82) is 0 Å². The zero-order valence-electron chi connectivity index (χ0n) is 12.0. The van der Waals surface area contributed by atoms with Gasteiger partial charge in [0.05, 0.1) is 0 Å². The zero-order valence-corrected chi connectivity index (χ0v) is 12.8. The normalized spacial score (nSPS) is 18.1. The first-order valence-electron chi connectivity index (χ1n) is 7.33. The van der Waals surface area contributed by atoms with Crippen LogP contribution in [-0.2, 0) is 6.54 Å². The van der Waals surface area contributed by atoms with Gasteiger partial charge in [0.2, 0.25) is 0 Å². The molecule has 0 aromatic heterocycles. The van der Waals surface area contributed by atoms with Crippen LogP contribution in [0.15, 0.2) is 24.3 Å². The monoisotopic (exact) mass is 280 g/mol. The van der Waals surface area contributed by atoms with Gasteiger partial charge in [-0.2, -0.15) is 0 Å². The zero-order chi connectivity index (χ0) is 13.7. The van der Waals surface area contributed by atoms with Crippen molar-refractivity contribution in [2.75, 3.05) is 19.6 Å². The number of hydrogen-bond acceptors (Lipinski definition) is 2. The molecule has 106 valence electrons. The van der Waals surface area contributed by atoms with Crippen LogP contribution in [0.5, 0.6) is 0 Å². The lowest BCUT2D eigenvalue weighted by Crippen LogP contribution is -2.43. The topological polar surface area (TPSA) is 15.3 Å². The largest absolute Gasteiger partial charge is 0.310 e. The fourth-order valence-electron chi connectivity index (χ4n) is 2.70. The number of halogens is 1. The molecule has 0 amide bonds. The molecule has 1 aliphatic heterocycles. The van der Waals surface area contributed by atoms with E-state index in [1.165, 1.54) is 38.0 Å². The van der Waals surface area contributed by atoms with Gasteiger partial charge in [0.25, 0.3) is 0 Å². The van der Waals surface area contributed by atoms with Gasteiger partial charge in [0, 0.05) is 24.2 Å². The van der Waals surface area contributed by atoms with Gasteiger partial charge in [-0.15, -0.1) is 0 Å². The Morgan fingerprint density at radius 2 is 1.84 bits per heavy atom. The molecule has 3 heteroatoms. The second-order valence-corrected chi connectivity index (χ2v) is 6.41. The second kappa shape index (κ2) is 7.28. The third-order valence-corrected chi connectivity index (χ3v) is 3.97. The van der Waals surface area contributed by atoms with Crippen molar-refractivity contribution < 1.29 is 0 Å². The molecule has 19 heavy (non-hydrogen) atoms. The predicted molar refractivity (Wildman–Crippen MR) is 82.6 cm³/mol. The van der Waals surface area contributed by atoms with E-state index in [0.29, 0.717) is 6.04 Å². The maximum Gasteiger partial charge on any atom is 0.0406 e. The van der Waals surface area contributed by atoms with E-state index in [-0.39, 0.29) is 0 Å². The summed E-state index contributed by atoms with van der Waals surface area (Å²) in [4.78, 5) is 2.59. The minimum Gasteiger partial charge on any atom is -0.310 e. The molecule has 2 nitrogen and oxygen atoms in total. The van der Waals surface area contributed by atoms with Gasteiger partial charge in [-0.25, -0.2) is 0 Å². The van der Waals surface area contributed by atoms with Gasteiger partial charge in [-0.05, 0) is 49.5 Å². The summed E-state index contributed by atoms with van der Waals surface area (Å²) in [7, 11) is 0. The standard InChI is InChI=1S/C16H25ClN2/c1-13(2)12-19-9-7-16(8-10-19)18-11-14-3-5-15(17)6-4-14/h3-6,13,16,18H,7-12H2,1-2H3. The lowest BCUT2D eigenvalue weighted by molar-refractivity contribution is 0.179. The van der Waals surface area contributed by atoms with Gasteiger partial charge >= 0.3 is 0 Å². The van der Waals surface area contributed by atoms with Crippen molar-refractivity contribution in [3.63, 3.8) is 0 Å². The first kappa shape index (κ1) is 14.8. The highest BCUT2D eigenvalue weighted by atomic mass is 35.5. The molecule has 1 aromatic rings. The van der Waals surface area contributed by atoms with Crippen LogP contribution in [0.3, 0.4) is 0 Å². The van der Waals surface area contributed by atoms with Crippen LogP contribution in [0.1, 0.15) is 32.3 Å². The van der Waals surface area contributed by atoms with Crippen molar-refractivity contribution >= 4 is 11.6 Å². The van der Waals surface area contributed by atoms with Crippen LogP contribution in [0.4, 0.5) is 0 Å². The molecular weight excluding hydrogens is 256 g/mol. The molecule has 0 spiro atoms. The number of piperidine rings is 1. The molecule has 0 aliphatic carbocycles. The second-order valence-electron chi connectivity index (χ2n) is 5.98. The lowest BCUT2D eigenvalue weighted by Gasteiger charge is -2.33. The summed E-state index contributed by atoms with van der Waals surface area (Å²) in [6.45, 7) is 9.25.